The highest BCUT2D eigenvalue weighted by Gasteiger charge is 2.35. The Balaban J connectivity index is 2.27. The molecule has 1 aromatic carbocycles. The Kier molecular flexibility index (Phi) is 3.13. The normalized spacial score (nSPS) is 14.3. The smallest absolute Gasteiger partial charge is 0.416 e. The number of carboxylic acids is 1. The molecule has 1 aromatic heterocycles. The van der Waals surface area contributed by atoms with Gasteiger partial charge in [0.15, 0.2) is 5.69 Å². The SMILES string of the molecule is CN1Cc2c(C(=O)O)nnn2-c2ccc(C(F)(F)F)cc2C1=O. The van der Waals surface area contributed by atoms with E-state index in [9.17, 15) is 22.8 Å². The average molecular weight is 326 g/mol. The van der Waals surface area contributed by atoms with Crippen LogP contribution in [-0.4, -0.2) is 43.9 Å². The van der Waals surface area contributed by atoms with Crippen molar-refractivity contribution in [1.82, 2.24) is 19.9 Å². The predicted molar refractivity (Wildman–Crippen MR) is 69.1 cm³/mol. The van der Waals surface area contributed by atoms with Gasteiger partial charge >= 0.3 is 12.1 Å². The molecular weight excluding hydrogens is 317 g/mol. The Morgan fingerprint density at radius 1 is 1.35 bits per heavy atom. The van der Waals surface area contributed by atoms with Crippen LogP contribution >= 0.6 is 0 Å². The van der Waals surface area contributed by atoms with Crippen molar-refractivity contribution in [2.45, 2.75) is 12.7 Å². The van der Waals surface area contributed by atoms with E-state index in [1.165, 1.54) is 7.05 Å². The molecule has 3 rings (SSSR count). The van der Waals surface area contributed by atoms with E-state index in [-0.39, 0.29) is 29.2 Å². The third-order valence-corrected chi connectivity index (χ3v) is 3.48. The molecule has 0 aliphatic carbocycles. The molecule has 1 N–H and O–H groups in total. The molecule has 0 fully saturated rings. The van der Waals surface area contributed by atoms with Crippen LogP contribution in [0.15, 0.2) is 18.2 Å². The molecule has 0 bridgehead atoms. The Bertz CT molecular complexity index is 828. The van der Waals surface area contributed by atoms with Crippen molar-refractivity contribution in [1.29, 1.82) is 0 Å². The molecule has 0 saturated carbocycles. The van der Waals surface area contributed by atoms with Gasteiger partial charge in [-0.2, -0.15) is 13.2 Å². The van der Waals surface area contributed by atoms with Crippen LogP contribution in [0.5, 0.6) is 0 Å². The lowest BCUT2D eigenvalue weighted by molar-refractivity contribution is -0.137. The van der Waals surface area contributed by atoms with Gasteiger partial charge in [-0.15, -0.1) is 5.10 Å². The lowest BCUT2D eigenvalue weighted by atomic mass is 10.1. The number of aromatic carboxylic acids is 1. The number of amides is 1. The number of hydrogen-bond donors (Lipinski definition) is 1. The van der Waals surface area contributed by atoms with Crippen LogP contribution in [0.4, 0.5) is 13.2 Å². The maximum absolute atomic E-state index is 12.9. The van der Waals surface area contributed by atoms with Crippen LogP contribution in [0.1, 0.15) is 32.1 Å². The fourth-order valence-electron chi connectivity index (χ4n) is 2.37. The minimum atomic E-state index is -4.60. The number of benzene rings is 1. The van der Waals surface area contributed by atoms with Gasteiger partial charge in [0.05, 0.1) is 29.1 Å². The molecule has 0 unspecified atom stereocenters. The molecule has 120 valence electrons. The number of carbonyl (C=O) groups excluding carboxylic acids is 1. The highest BCUT2D eigenvalue weighted by atomic mass is 19.4. The van der Waals surface area contributed by atoms with Crippen LogP contribution < -0.4 is 0 Å². The first-order valence-electron chi connectivity index (χ1n) is 6.35. The van der Waals surface area contributed by atoms with Gasteiger partial charge in [-0.05, 0) is 18.2 Å². The van der Waals surface area contributed by atoms with Crippen molar-refractivity contribution in [2.24, 2.45) is 0 Å². The highest BCUT2D eigenvalue weighted by molar-refractivity contribution is 5.99. The Morgan fingerprint density at radius 2 is 2.04 bits per heavy atom. The second-order valence-corrected chi connectivity index (χ2v) is 4.99. The predicted octanol–water partition coefficient (Wildman–Crippen LogP) is 1.57. The Morgan fingerprint density at radius 3 is 2.65 bits per heavy atom. The van der Waals surface area contributed by atoms with Gasteiger partial charge in [0.2, 0.25) is 0 Å². The van der Waals surface area contributed by atoms with Crippen LogP contribution in [0.25, 0.3) is 5.69 Å². The van der Waals surface area contributed by atoms with E-state index in [1.54, 1.807) is 0 Å². The summed E-state index contributed by atoms with van der Waals surface area (Å²) in [6.07, 6.45) is -4.60. The molecule has 10 heteroatoms. The van der Waals surface area contributed by atoms with Crippen molar-refractivity contribution >= 4 is 11.9 Å². The first-order chi connectivity index (χ1) is 10.7. The number of aromatic nitrogens is 3. The molecule has 2 heterocycles. The second-order valence-electron chi connectivity index (χ2n) is 4.99. The van der Waals surface area contributed by atoms with Crippen LogP contribution in [-0.2, 0) is 12.7 Å². The van der Waals surface area contributed by atoms with Gasteiger partial charge in [0.25, 0.3) is 5.91 Å². The number of hydrogen-bond acceptors (Lipinski definition) is 4. The van der Waals surface area contributed by atoms with E-state index >= 15 is 0 Å². The molecule has 1 aliphatic heterocycles. The van der Waals surface area contributed by atoms with Crippen molar-refractivity contribution < 1.29 is 27.9 Å². The first-order valence-corrected chi connectivity index (χ1v) is 6.35. The molecule has 0 radical (unpaired) electrons. The quantitative estimate of drug-likeness (QED) is 0.859. The molecule has 7 nitrogen and oxygen atoms in total. The second kappa shape index (κ2) is 4.80. The summed E-state index contributed by atoms with van der Waals surface area (Å²) in [6, 6.07) is 2.62. The van der Waals surface area contributed by atoms with Crippen LogP contribution in [0.2, 0.25) is 0 Å². The van der Waals surface area contributed by atoms with Gasteiger partial charge in [-0.25, -0.2) is 9.48 Å². The van der Waals surface area contributed by atoms with Gasteiger partial charge in [0, 0.05) is 7.05 Å². The number of rotatable bonds is 1. The summed E-state index contributed by atoms with van der Waals surface area (Å²) < 4.78 is 39.6. The minimum Gasteiger partial charge on any atom is -0.476 e. The monoisotopic (exact) mass is 326 g/mol. The van der Waals surface area contributed by atoms with Crippen LogP contribution in [0.3, 0.4) is 0 Å². The summed E-state index contributed by atoms with van der Waals surface area (Å²) in [4.78, 5) is 24.6. The van der Waals surface area contributed by atoms with Gasteiger partial charge in [0.1, 0.15) is 0 Å². The number of nitrogens with zero attached hydrogens (tertiary/aromatic N) is 4. The lowest BCUT2D eigenvalue weighted by Gasteiger charge is -2.15. The zero-order valence-corrected chi connectivity index (χ0v) is 11.6. The molecular formula is C13H9F3N4O3. The fraction of sp³-hybridized carbons (Fsp3) is 0.231. The number of fused-ring (bicyclic) bond motifs is 3. The molecule has 1 aliphatic rings. The zero-order chi connectivity index (χ0) is 16.9. The third-order valence-electron chi connectivity index (χ3n) is 3.48. The first kappa shape index (κ1) is 15.0. The summed E-state index contributed by atoms with van der Waals surface area (Å²) >= 11 is 0. The maximum Gasteiger partial charge on any atom is 0.416 e. The molecule has 0 saturated heterocycles. The van der Waals surface area contributed by atoms with Gasteiger partial charge < -0.3 is 10.0 Å². The minimum absolute atomic E-state index is 0.0577. The third kappa shape index (κ3) is 2.31. The number of carbonyl (C=O) groups is 2. The lowest BCUT2D eigenvalue weighted by Crippen LogP contribution is -2.26. The average Bonchev–Trinajstić information content (AvgIpc) is 2.84. The van der Waals surface area contributed by atoms with E-state index < -0.39 is 23.6 Å². The van der Waals surface area contributed by atoms with Gasteiger partial charge in [-0.1, -0.05) is 5.21 Å². The topological polar surface area (TPSA) is 88.3 Å². The van der Waals surface area contributed by atoms with E-state index in [4.69, 9.17) is 5.11 Å². The zero-order valence-electron chi connectivity index (χ0n) is 11.6. The van der Waals surface area contributed by atoms with Crippen molar-refractivity contribution in [2.75, 3.05) is 7.05 Å². The molecule has 0 atom stereocenters. The molecule has 2 aromatic rings. The summed E-state index contributed by atoms with van der Waals surface area (Å²) in [5.41, 5.74) is -1.37. The summed E-state index contributed by atoms with van der Waals surface area (Å²) in [6.45, 7) is -0.135. The van der Waals surface area contributed by atoms with E-state index in [2.05, 4.69) is 10.3 Å². The van der Waals surface area contributed by atoms with E-state index in [0.717, 1.165) is 27.8 Å². The van der Waals surface area contributed by atoms with E-state index in [1.807, 2.05) is 0 Å². The highest BCUT2D eigenvalue weighted by Crippen LogP contribution is 2.33. The standard InChI is InChI=1S/C13H9F3N4O3/c1-19-5-9-10(12(22)23)17-18-20(9)8-3-2-6(13(14,15)16)4-7(8)11(19)21/h2-4H,5H2,1H3,(H,22,23). The molecule has 0 spiro atoms. The Labute approximate surface area is 126 Å². The van der Waals surface area contributed by atoms with Gasteiger partial charge in [-0.3, -0.25) is 4.79 Å². The van der Waals surface area contributed by atoms with Crippen LogP contribution in [0, 0.1) is 0 Å². The molecule has 1 amide bonds. The summed E-state index contributed by atoms with van der Waals surface area (Å²) in [7, 11) is 1.36. The largest absolute Gasteiger partial charge is 0.476 e. The van der Waals surface area contributed by atoms with Crippen molar-refractivity contribution in [3.63, 3.8) is 0 Å². The number of carboxylic acid groups (broad SMARTS) is 1. The fourth-order valence-corrected chi connectivity index (χ4v) is 2.37. The van der Waals surface area contributed by atoms with Crippen molar-refractivity contribution in [3.8, 4) is 5.69 Å². The maximum atomic E-state index is 12.9. The Hall–Kier alpha value is -2.91. The van der Waals surface area contributed by atoms with E-state index in [0.29, 0.717) is 0 Å². The summed E-state index contributed by atoms with van der Waals surface area (Å²) in [5, 5.41) is 16.3. The number of alkyl halides is 3. The summed E-state index contributed by atoms with van der Waals surface area (Å²) in [5.74, 6) is -1.99. The number of halogens is 3. The molecule has 23 heavy (non-hydrogen) atoms. The van der Waals surface area contributed by atoms with Crippen molar-refractivity contribution in [3.05, 3.63) is 40.7 Å².